The molecule has 10 heteroatoms. The molecular weight excluding hydrogens is 725 g/mol. The molecule has 0 saturated heterocycles. The third kappa shape index (κ3) is 41.1. The predicted molar refractivity (Wildman–Crippen MR) is 233 cm³/mol. The molecule has 0 amide bonds. The number of hydrogen-bond acceptors (Lipinski definition) is 7. The van der Waals surface area contributed by atoms with Crippen molar-refractivity contribution in [2.24, 2.45) is 0 Å². The average Bonchev–Trinajstić information content (AvgIpc) is 3.15. The Bertz CT molecular complexity index is 1180. The van der Waals surface area contributed by atoms with Gasteiger partial charge in [0, 0.05) is 12.8 Å². The summed E-state index contributed by atoms with van der Waals surface area (Å²) in [5, 5.41) is 0. The Hall–Kier alpha value is -2.55. The third-order valence-electron chi connectivity index (χ3n) is 8.75. The first-order valence-electron chi connectivity index (χ1n) is 21.7. The summed E-state index contributed by atoms with van der Waals surface area (Å²) < 4.78 is 34.1. The van der Waals surface area contributed by atoms with Crippen molar-refractivity contribution in [2.75, 3.05) is 47.5 Å². The van der Waals surface area contributed by atoms with Crippen LogP contribution in [0.2, 0.25) is 0 Å². The highest BCUT2D eigenvalue weighted by Gasteiger charge is 2.27. The minimum absolute atomic E-state index is 0.0255. The Morgan fingerprint density at radius 3 is 1.52 bits per heavy atom. The number of carbonyl (C=O) groups excluding carboxylic acids is 2. The number of rotatable bonds is 38. The van der Waals surface area contributed by atoms with Crippen molar-refractivity contribution in [3.63, 3.8) is 0 Å². The maximum absolute atomic E-state index is 12.6. The van der Waals surface area contributed by atoms with E-state index in [2.05, 4.69) is 86.8 Å². The van der Waals surface area contributed by atoms with Crippen molar-refractivity contribution < 1.29 is 42.1 Å². The lowest BCUT2D eigenvalue weighted by Crippen LogP contribution is -2.37. The zero-order chi connectivity index (χ0) is 41.4. The smallest absolute Gasteiger partial charge is 0.462 e. The molecule has 0 aliphatic rings. The Kier molecular flexibility index (Phi) is 36.3. The van der Waals surface area contributed by atoms with Gasteiger partial charge in [-0.05, 0) is 64.2 Å². The summed E-state index contributed by atoms with van der Waals surface area (Å²) in [6.07, 6.45) is 46.9. The molecule has 0 fully saturated rings. The van der Waals surface area contributed by atoms with Crippen LogP contribution in [0, 0.1) is 0 Å². The number of esters is 2. The van der Waals surface area contributed by atoms with E-state index in [9.17, 15) is 19.0 Å². The van der Waals surface area contributed by atoms with E-state index < -0.39 is 26.5 Å². The average molecular weight is 807 g/mol. The standard InChI is InChI=1S/C46H80NO8P/c1-6-8-10-12-14-15-16-17-18-19-20-21-22-23-24-25-26-27-28-29-30-31-33-35-37-39-46(49)55-44(43-54-56(50,51)53-41-40-47(3,4)5)42-52-45(48)38-36-34-32-13-11-9-7-2/h8,10,14-15,17-18,20-21,23-24,26-27,44H,6-7,9,11-13,16,19,22,25,28-43H2,1-5H3/p+1/b10-8-,15-14-,18-17-,21-20-,24-23-,27-26-. The van der Waals surface area contributed by atoms with Gasteiger partial charge >= 0.3 is 19.8 Å². The number of unbranched alkanes of at least 4 members (excludes halogenated alkanes) is 12. The van der Waals surface area contributed by atoms with E-state index in [0.29, 0.717) is 17.4 Å². The van der Waals surface area contributed by atoms with Gasteiger partial charge in [0.05, 0.1) is 27.7 Å². The summed E-state index contributed by atoms with van der Waals surface area (Å²) in [7, 11) is 1.45. The maximum atomic E-state index is 12.6. The number of hydrogen-bond donors (Lipinski definition) is 1. The molecule has 0 aromatic heterocycles. The molecule has 322 valence electrons. The molecule has 2 unspecified atom stereocenters. The Labute approximate surface area is 342 Å². The van der Waals surface area contributed by atoms with E-state index in [-0.39, 0.29) is 32.0 Å². The predicted octanol–water partition coefficient (Wildman–Crippen LogP) is 12.2. The van der Waals surface area contributed by atoms with Gasteiger partial charge in [-0.1, -0.05) is 151 Å². The minimum Gasteiger partial charge on any atom is -0.462 e. The fraction of sp³-hybridized carbons (Fsp3) is 0.696. The highest BCUT2D eigenvalue weighted by molar-refractivity contribution is 7.47. The number of nitrogens with zero attached hydrogens (tertiary/aromatic N) is 1. The van der Waals surface area contributed by atoms with Gasteiger partial charge < -0.3 is 18.9 Å². The number of phosphoric acid groups is 1. The highest BCUT2D eigenvalue weighted by Crippen LogP contribution is 2.43. The van der Waals surface area contributed by atoms with E-state index in [1.165, 1.54) is 25.7 Å². The van der Waals surface area contributed by atoms with Gasteiger partial charge in [-0.25, -0.2) is 4.57 Å². The number of quaternary nitrogens is 1. The van der Waals surface area contributed by atoms with Crippen LogP contribution >= 0.6 is 7.82 Å². The third-order valence-corrected chi connectivity index (χ3v) is 9.74. The van der Waals surface area contributed by atoms with Crippen LogP contribution in [0.4, 0.5) is 0 Å². The van der Waals surface area contributed by atoms with Crippen molar-refractivity contribution in [3.8, 4) is 0 Å². The van der Waals surface area contributed by atoms with Crippen LogP contribution in [0.5, 0.6) is 0 Å². The maximum Gasteiger partial charge on any atom is 0.472 e. The minimum atomic E-state index is -4.37. The van der Waals surface area contributed by atoms with Crippen molar-refractivity contribution in [2.45, 2.75) is 161 Å². The van der Waals surface area contributed by atoms with Crippen LogP contribution in [0.1, 0.15) is 155 Å². The Morgan fingerprint density at radius 1 is 0.571 bits per heavy atom. The molecule has 0 aromatic rings. The molecule has 9 nitrogen and oxygen atoms in total. The summed E-state index contributed by atoms with van der Waals surface area (Å²) in [5.74, 6) is -0.829. The fourth-order valence-electron chi connectivity index (χ4n) is 5.37. The first-order chi connectivity index (χ1) is 27.0. The van der Waals surface area contributed by atoms with Gasteiger partial charge in [-0.3, -0.25) is 18.6 Å². The SMILES string of the molecule is CC/C=C\C/C=C\C/C=C\C/C=C\C/C=C\C/C=C\CCCCCCCCC(=O)OC(COC(=O)CCCCCCCCC)COP(=O)(O)OCC[N+](C)(C)C. The summed E-state index contributed by atoms with van der Waals surface area (Å²) in [6.45, 7) is 4.22. The van der Waals surface area contributed by atoms with Crippen molar-refractivity contribution >= 4 is 19.8 Å². The van der Waals surface area contributed by atoms with Crippen LogP contribution in [-0.4, -0.2) is 74.9 Å². The lowest BCUT2D eigenvalue weighted by Gasteiger charge is -2.24. The monoisotopic (exact) mass is 807 g/mol. The molecule has 0 saturated carbocycles. The second-order valence-electron chi connectivity index (χ2n) is 15.4. The van der Waals surface area contributed by atoms with Gasteiger partial charge in [0.15, 0.2) is 6.10 Å². The van der Waals surface area contributed by atoms with Gasteiger partial charge in [-0.15, -0.1) is 0 Å². The first-order valence-corrected chi connectivity index (χ1v) is 23.2. The molecule has 0 radical (unpaired) electrons. The summed E-state index contributed by atoms with van der Waals surface area (Å²) in [4.78, 5) is 35.1. The number of phosphoric ester groups is 1. The van der Waals surface area contributed by atoms with Gasteiger partial charge in [0.1, 0.15) is 19.8 Å². The second kappa shape index (κ2) is 38.0. The molecule has 0 spiro atoms. The van der Waals surface area contributed by atoms with Crippen LogP contribution in [-0.2, 0) is 32.7 Å². The van der Waals surface area contributed by atoms with Gasteiger partial charge in [-0.2, -0.15) is 0 Å². The quantitative estimate of drug-likeness (QED) is 0.0216. The fourth-order valence-corrected chi connectivity index (χ4v) is 6.11. The number of ether oxygens (including phenoxy) is 2. The first kappa shape index (κ1) is 53.5. The molecule has 0 aliphatic heterocycles. The summed E-state index contributed by atoms with van der Waals surface area (Å²) in [5.41, 5.74) is 0. The number of carbonyl (C=O) groups is 2. The lowest BCUT2D eigenvalue weighted by molar-refractivity contribution is -0.870. The molecule has 2 atom stereocenters. The normalized spacial score (nSPS) is 14.3. The molecular formula is C46H81NO8P+. The molecule has 1 N–H and O–H groups in total. The summed E-state index contributed by atoms with van der Waals surface area (Å²) >= 11 is 0. The van der Waals surface area contributed by atoms with E-state index in [0.717, 1.165) is 96.3 Å². The Balaban J connectivity index is 4.26. The molecule has 0 heterocycles. The van der Waals surface area contributed by atoms with E-state index in [4.69, 9.17) is 18.5 Å². The van der Waals surface area contributed by atoms with Crippen LogP contribution < -0.4 is 0 Å². The van der Waals surface area contributed by atoms with E-state index in [1.54, 1.807) is 0 Å². The second-order valence-corrected chi connectivity index (χ2v) is 16.8. The van der Waals surface area contributed by atoms with E-state index >= 15 is 0 Å². The zero-order valence-corrected chi connectivity index (χ0v) is 37.0. The number of likely N-dealkylation sites (N-methyl/N-ethyl adjacent to an activating group) is 1. The molecule has 0 aliphatic carbocycles. The van der Waals surface area contributed by atoms with Gasteiger partial charge in [0.2, 0.25) is 0 Å². The molecule has 0 rings (SSSR count). The topological polar surface area (TPSA) is 108 Å². The molecule has 56 heavy (non-hydrogen) atoms. The van der Waals surface area contributed by atoms with Crippen molar-refractivity contribution in [1.29, 1.82) is 0 Å². The molecule has 0 aromatic carbocycles. The van der Waals surface area contributed by atoms with E-state index in [1.807, 2.05) is 21.1 Å². The summed E-state index contributed by atoms with van der Waals surface area (Å²) in [6, 6.07) is 0. The molecule has 0 bridgehead atoms. The Morgan fingerprint density at radius 2 is 1.02 bits per heavy atom. The zero-order valence-electron chi connectivity index (χ0n) is 36.1. The van der Waals surface area contributed by atoms with Crippen LogP contribution in [0.3, 0.4) is 0 Å². The van der Waals surface area contributed by atoms with Crippen molar-refractivity contribution in [3.05, 3.63) is 72.9 Å². The highest BCUT2D eigenvalue weighted by atomic mass is 31.2. The van der Waals surface area contributed by atoms with Crippen molar-refractivity contribution in [1.82, 2.24) is 0 Å². The largest absolute Gasteiger partial charge is 0.472 e. The van der Waals surface area contributed by atoms with Crippen LogP contribution in [0.25, 0.3) is 0 Å². The number of allylic oxidation sites excluding steroid dienone is 12. The van der Waals surface area contributed by atoms with Crippen LogP contribution in [0.15, 0.2) is 72.9 Å². The van der Waals surface area contributed by atoms with Gasteiger partial charge in [0.25, 0.3) is 0 Å². The lowest BCUT2D eigenvalue weighted by atomic mass is 10.1.